The van der Waals surface area contributed by atoms with Gasteiger partial charge in [0.15, 0.2) is 0 Å². The Bertz CT molecular complexity index is 1220. The van der Waals surface area contributed by atoms with Crippen LogP contribution < -0.4 is 10.2 Å². The van der Waals surface area contributed by atoms with E-state index in [1.165, 1.54) is 11.8 Å². The average molecular weight is 512 g/mol. The number of anilines is 2. The third kappa shape index (κ3) is 5.65. The van der Waals surface area contributed by atoms with Crippen LogP contribution in [0.5, 0.6) is 0 Å². The number of unbranched alkanes of at least 4 members (excludes halogenated alkanes) is 1. The molecule has 0 aliphatic carbocycles. The summed E-state index contributed by atoms with van der Waals surface area (Å²) in [7, 11) is 4.00. The van der Waals surface area contributed by atoms with Gasteiger partial charge >= 0.3 is 5.97 Å². The lowest BCUT2D eigenvalue weighted by atomic mass is 9.95. The van der Waals surface area contributed by atoms with Gasteiger partial charge in [0.1, 0.15) is 6.04 Å². The summed E-state index contributed by atoms with van der Waals surface area (Å²) in [6.07, 6.45) is 1.78. The van der Waals surface area contributed by atoms with E-state index in [1.54, 1.807) is 4.68 Å². The summed E-state index contributed by atoms with van der Waals surface area (Å²) in [5.74, 6) is 0.899. The summed E-state index contributed by atoms with van der Waals surface area (Å²) in [5.41, 5.74) is 4.29. The van der Waals surface area contributed by atoms with Gasteiger partial charge in [0.05, 0.1) is 12.2 Å². The van der Waals surface area contributed by atoms with Crippen molar-refractivity contribution in [3.63, 3.8) is 0 Å². The highest BCUT2D eigenvalue weighted by Crippen LogP contribution is 2.37. The number of esters is 1. The van der Waals surface area contributed by atoms with Gasteiger partial charge in [-0.05, 0) is 42.7 Å². The number of thioether (sulfide) groups is 1. The fourth-order valence-electron chi connectivity index (χ4n) is 3.86. The van der Waals surface area contributed by atoms with Crippen molar-refractivity contribution in [3.8, 4) is 0 Å². The number of hydrogen-bond acceptors (Lipinski definition) is 7. The zero-order valence-electron chi connectivity index (χ0n) is 20.4. The number of aromatic nitrogens is 3. The van der Waals surface area contributed by atoms with Crippen LogP contribution in [0.15, 0.2) is 65.0 Å². The monoisotopic (exact) mass is 511 g/mol. The zero-order chi connectivity index (χ0) is 24.9. The Kier molecular flexibility index (Phi) is 8.03. The molecule has 0 saturated carbocycles. The summed E-state index contributed by atoms with van der Waals surface area (Å²) in [4.78, 5) is 19.9. The quantitative estimate of drug-likeness (QED) is 0.217. The number of nitrogens with zero attached hydrogens (tertiary/aromatic N) is 4. The Morgan fingerprint density at radius 3 is 2.63 bits per heavy atom. The lowest BCUT2D eigenvalue weighted by Crippen LogP contribution is -2.29. The Labute approximate surface area is 215 Å². The fourth-order valence-corrected chi connectivity index (χ4v) is 4.98. The van der Waals surface area contributed by atoms with Gasteiger partial charge in [0.2, 0.25) is 11.1 Å². The molecule has 1 aliphatic heterocycles. The number of carbonyl (C=O) groups excluding carboxylic acids is 1. The SMILES string of the molecule is CCCCOC(=O)C1=C(C)Nc2nc(SCc3ccccc3Cl)nn2C1c1ccc(N(C)C)cc1. The first-order valence-corrected chi connectivity index (χ1v) is 13.0. The number of fused-ring (bicyclic) bond motifs is 1. The third-order valence-corrected chi connectivity index (χ3v) is 7.08. The van der Waals surface area contributed by atoms with Crippen molar-refractivity contribution in [3.05, 3.63) is 76.0 Å². The summed E-state index contributed by atoms with van der Waals surface area (Å²) >= 11 is 7.83. The maximum absolute atomic E-state index is 13.2. The summed E-state index contributed by atoms with van der Waals surface area (Å²) < 4.78 is 7.40. The Morgan fingerprint density at radius 2 is 1.94 bits per heavy atom. The van der Waals surface area contributed by atoms with E-state index in [0.717, 1.165) is 40.4 Å². The average Bonchev–Trinajstić information content (AvgIpc) is 3.25. The molecular weight excluding hydrogens is 482 g/mol. The van der Waals surface area contributed by atoms with E-state index >= 15 is 0 Å². The van der Waals surface area contributed by atoms with Gasteiger partial charge in [-0.15, -0.1) is 5.10 Å². The predicted molar refractivity (Wildman–Crippen MR) is 142 cm³/mol. The molecule has 1 aliphatic rings. The van der Waals surface area contributed by atoms with E-state index in [9.17, 15) is 4.79 Å². The molecule has 0 saturated heterocycles. The summed E-state index contributed by atoms with van der Waals surface area (Å²) in [5, 5.41) is 9.37. The molecule has 0 radical (unpaired) electrons. The molecule has 1 aromatic heterocycles. The minimum atomic E-state index is -0.446. The smallest absolute Gasteiger partial charge is 0.338 e. The van der Waals surface area contributed by atoms with Crippen LogP contribution in [-0.2, 0) is 15.3 Å². The van der Waals surface area contributed by atoms with E-state index in [2.05, 4.69) is 12.2 Å². The van der Waals surface area contributed by atoms with Crippen molar-refractivity contribution in [2.45, 2.75) is 43.6 Å². The topological polar surface area (TPSA) is 72.3 Å². The highest BCUT2D eigenvalue weighted by Gasteiger charge is 2.35. The highest BCUT2D eigenvalue weighted by atomic mass is 35.5. The first-order chi connectivity index (χ1) is 16.9. The molecule has 184 valence electrons. The second kappa shape index (κ2) is 11.2. The molecule has 1 unspecified atom stereocenters. The molecular formula is C26H30ClN5O2S. The number of benzene rings is 2. The van der Waals surface area contributed by atoms with Crippen molar-refractivity contribution >= 4 is 41.0 Å². The molecule has 2 aromatic carbocycles. The number of ether oxygens (including phenoxy) is 1. The molecule has 0 fully saturated rings. The van der Waals surface area contributed by atoms with Gasteiger partial charge in [-0.3, -0.25) is 0 Å². The molecule has 3 aromatic rings. The number of carbonyl (C=O) groups is 1. The standard InChI is InChI=1S/C26H30ClN5O2S/c1-5-6-15-34-24(33)22-17(2)28-25-29-26(35-16-19-9-7-8-10-21(19)27)30-32(25)23(22)18-11-13-20(14-12-18)31(3)4/h7-14,23H,5-6,15-16H2,1-4H3,(H,28,29,30). The molecule has 1 atom stereocenters. The summed E-state index contributed by atoms with van der Waals surface area (Å²) in [6.45, 7) is 4.34. The number of hydrogen-bond donors (Lipinski definition) is 1. The van der Waals surface area contributed by atoms with Crippen LogP contribution in [-0.4, -0.2) is 41.4 Å². The van der Waals surface area contributed by atoms with Crippen LogP contribution >= 0.6 is 23.4 Å². The lowest BCUT2D eigenvalue weighted by molar-refractivity contribution is -0.139. The number of rotatable bonds is 9. The fraction of sp³-hybridized carbons (Fsp3) is 0.346. The van der Waals surface area contributed by atoms with Gasteiger partial charge < -0.3 is 15.0 Å². The molecule has 0 bridgehead atoms. The first-order valence-electron chi connectivity index (χ1n) is 11.6. The van der Waals surface area contributed by atoms with Crippen LogP contribution in [0.3, 0.4) is 0 Å². The van der Waals surface area contributed by atoms with Gasteiger partial charge in [-0.2, -0.15) is 4.98 Å². The molecule has 9 heteroatoms. The van der Waals surface area contributed by atoms with E-state index in [4.69, 9.17) is 26.4 Å². The largest absolute Gasteiger partial charge is 0.462 e. The molecule has 4 rings (SSSR count). The highest BCUT2D eigenvalue weighted by molar-refractivity contribution is 7.98. The third-order valence-electron chi connectivity index (χ3n) is 5.82. The Balaban J connectivity index is 1.67. The van der Waals surface area contributed by atoms with Gasteiger partial charge in [-0.25, -0.2) is 9.48 Å². The number of halogens is 1. The first kappa shape index (κ1) is 25.1. The Hall–Kier alpha value is -2.97. The van der Waals surface area contributed by atoms with Gasteiger partial charge in [0.25, 0.3) is 0 Å². The molecule has 0 spiro atoms. The molecule has 1 N–H and O–H groups in total. The van der Waals surface area contributed by atoms with E-state index in [1.807, 2.05) is 74.4 Å². The lowest BCUT2D eigenvalue weighted by Gasteiger charge is -2.28. The van der Waals surface area contributed by atoms with E-state index < -0.39 is 6.04 Å². The second-order valence-electron chi connectivity index (χ2n) is 8.58. The number of allylic oxidation sites excluding steroid dienone is 1. The number of nitrogens with one attached hydrogen (secondary N) is 1. The zero-order valence-corrected chi connectivity index (χ0v) is 22.0. The Morgan fingerprint density at radius 1 is 1.20 bits per heavy atom. The van der Waals surface area contributed by atoms with Gasteiger partial charge in [-0.1, -0.05) is 67.0 Å². The van der Waals surface area contributed by atoms with Crippen LogP contribution in [0.2, 0.25) is 5.02 Å². The normalized spacial score (nSPS) is 14.9. The summed E-state index contributed by atoms with van der Waals surface area (Å²) in [6, 6.07) is 15.4. The van der Waals surface area contributed by atoms with Crippen molar-refractivity contribution in [1.29, 1.82) is 0 Å². The van der Waals surface area contributed by atoms with Gasteiger partial charge in [0, 0.05) is 36.3 Å². The van der Waals surface area contributed by atoms with Crippen LogP contribution in [0.25, 0.3) is 0 Å². The van der Waals surface area contributed by atoms with Crippen molar-refractivity contribution in [2.75, 3.05) is 30.9 Å². The van der Waals surface area contributed by atoms with E-state index in [0.29, 0.717) is 29.0 Å². The molecule has 0 amide bonds. The van der Waals surface area contributed by atoms with E-state index in [-0.39, 0.29) is 5.97 Å². The molecule has 2 heterocycles. The van der Waals surface area contributed by atoms with Crippen molar-refractivity contribution < 1.29 is 9.53 Å². The van der Waals surface area contributed by atoms with Crippen LogP contribution in [0, 0.1) is 0 Å². The molecule has 7 nitrogen and oxygen atoms in total. The molecule has 35 heavy (non-hydrogen) atoms. The second-order valence-corrected chi connectivity index (χ2v) is 9.93. The predicted octanol–water partition coefficient (Wildman–Crippen LogP) is 5.92. The maximum Gasteiger partial charge on any atom is 0.338 e. The van der Waals surface area contributed by atoms with Crippen LogP contribution in [0.4, 0.5) is 11.6 Å². The van der Waals surface area contributed by atoms with Crippen molar-refractivity contribution in [2.24, 2.45) is 0 Å². The minimum Gasteiger partial charge on any atom is -0.462 e. The maximum atomic E-state index is 13.2. The van der Waals surface area contributed by atoms with Crippen molar-refractivity contribution in [1.82, 2.24) is 14.8 Å². The van der Waals surface area contributed by atoms with Crippen LogP contribution in [0.1, 0.15) is 43.9 Å². The minimum absolute atomic E-state index is 0.337.